The van der Waals surface area contributed by atoms with Crippen molar-refractivity contribution in [3.63, 3.8) is 0 Å². The summed E-state index contributed by atoms with van der Waals surface area (Å²) >= 11 is -2.26. The van der Waals surface area contributed by atoms with Crippen molar-refractivity contribution in [3.8, 4) is 0 Å². The van der Waals surface area contributed by atoms with Crippen LogP contribution in [0.3, 0.4) is 0 Å². The fraction of sp³-hybridized carbons (Fsp3) is 0.200. The van der Waals surface area contributed by atoms with E-state index in [-0.39, 0.29) is 23.9 Å². The van der Waals surface area contributed by atoms with E-state index < -0.39 is 11.1 Å². The van der Waals surface area contributed by atoms with Crippen molar-refractivity contribution < 1.29 is 27.6 Å². The largest absolute Gasteiger partial charge is 1.00 e. The first-order chi connectivity index (χ1) is 4.70. The summed E-state index contributed by atoms with van der Waals surface area (Å²) in [6, 6.07) is 0. The number of nitrogens with zero attached hydrogens (tertiary/aromatic N) is 2. The fourth-order valence-corrected chi connectivity index (χ4v) is 0.744. The smallest absolute Gasteiger partial charge is 0.767 e. The number of aryl methyl sites for hydroxylation is 1. The molecule has 6 heteroatoms. The molecular weight excluding hydrogens is 159 g/mol. The predicted molar refractivity (Wildman–Crippen MR) is 34.0 cm³/mol. The molecule has 11 heavy (non-hydrogen) atoms. The van der Waals surface area contributed by atoms with E-state index in [1.54, 1.807) is 6.92 Å². The number of hydrogen-bond donors (Lipinski definition) is 0. The third-order valence-electron chi connectivity index (χ3n) is 0.928. The Morgan fingerprint density at radius 2 is 2.09 bits per heavy atom. The van der Waals surface area contributed by atoms with Crippen molar-refractivity contribution in [2.45, 2.75) is 11.9 Å². The van der Waals surface area contributed by atoms with E-state index in [1.165, 1.54) is 12.4 Å². The maximum Gasteiger partial charge on any atom is 1.00 e. The Balaban J connectivity index is 0.000001000. The molecule has 0 saturated carbocycles. The van der Waals surface area contributed by atoms with Gasteiger partial charge in [0.25, 0.3) is 0 Å². The van der Waals surface area contributed by atoms with Crippen molar-refractivity contribution in [2.75, 3.05) is 0 Å². The van der Waals surface area contributed by atoms with Gasteiger partial charge in [0, 0.05) is 6.20 Å². The quantitative estimate of drug-likeness (QED) is 0.328. The number of hydrogen-bond acceptors (Lipinski definition) is 4. The number of aromatic nitrogens is 2. The minimum absolute atomic E-state index is 0. The molecule has 1 aromatic rings. The minimum Gasteiger partial charge on any atom is -0.767 e. The maximum atomic E-state index is 10.2. The van der Waals surface area contributed by atoms with Gasteiger partial charge in [-0.25, -0.2) is 4.98 Å². The summed E-state index contributed by atoms with van der Waals surface area (Å²) in [5, 5.41) is -0.0226. The second-order valence-corrected chi connectivity index (χ2v) is 2.62. The van der Waals surface area contributed by atoms with Gasteiger partial charge < -0.3 is 4.55 Å². The summed E-state index contributed by atoms with van der Waals surface area (Å²) < 4.78 is 20.4. The summed E-state index contributed by atoms with van der Waals surface area (Å²) in [6.07, 6.45) is 2.63. The molecule has 1 unspecified atom stereocenters. The first-order valence-electron chi connectivity index (χ1n) is 2.58. The average molecular weight is 164 g/mol. The zero-order valence-corrected chi connectivity index (χ0v) is 7.09. The third-order valence-corrected chi connectivity index (χ3v) is 1.48. The SMILES string of the molecule is Cc1cnc(S(=O)[O-])cn1.[Li+]. The molecule has 4 nitrogen and oxygen atoms in total. The molecule has 0 saturated heterocycles. The molecule has 1 atom stereocenters. The van der Waals surface area contributed by atoms with Crippen LogP contribution in [-0.2, 0) is 11.1 Å². The summed E-state index contributed by atoms with van der Waals surface area (Å²) in [4.78, 5) is 7.35. The van der Waals surface area contributed by atoms with Crippen LogP contribution in [0.15, 0.2) is 17.4 Å². The van der Waals surface area contributed by atoms with Crippen molar-refractivity contribution in [1.29, 1.82) is 0 Å². The molecule has 0 radical (unpaired) electrons. The molecule has 1 rings (SSSR count). The van der Waals surface area contributed by atoms with Crippen LogP contribution in [0, 0.1) is 6.92 Å². The molecule has 0 bridgehead atoms. The van der Waals surface area contributed by atoms with E-state index in [9.17, 15) is 8.76 Å². The van der Waals surface area contributed by atoms with E-state index >= 15 is 0 Å². The van der Waals surface area contributed by atoms with Gasteiger partial charge in [-0.2, -0.15) is 0 Å². The van der Waals surface area contributed by atoms with E-state index in [1.807, 2.05) is 0 Å². The van der Waals surface area contributed by atoms with E-state index in [0.717, 1.165) is 0 Å². The molecule has 54 valence electrons. The Labute approximate surface area is 78.9 Å². The molecule has 0 amide bonds. The van der Waals surface area contributed by atoms with Gasteiger partial charge in [-0.05, 0) is 18.0 Å². The van der Waals surface area contributed by atoms with Gasteiger partial charge in [0.05, 0.1) is 11.9 Å². The molecule has 0 aliphatic rings. The topological polar surface area (TPSA) is 65.9 Å². The fourth-order valence-electron chi connectivity index (χ4n) is 0.467. The zero-order chi connectivity index (χ0) is 7.56. The Kier molecular flexibility index (Phi) is 4.53. The van der Waals surface area contributed by atoms with Crippen molar-refractivity contribution >= 4 is 11.1 Å². The van der Waals surface area contributed by atoms with E-state index in [4.69, 9.17) is 0 Å². The Hall–Kier alpha value is -0.213. The van der Waals surface area contributed by atoms with E-state index in [2.05, 4.69) is 9.97 Å². The first kappa shape index (κ1) is 10.8. The van der Waals surface area contributed by atoms with Crippen LogP contribution in [0.2, 0.25) is 0 Å². The van der Waals surface area contributed by atoms with Gasteiger partial charge in [-0.1, -0.05) is 0 Å². The minimum atomic E-state index is -2.26. The summed E-state index contributed by atoms with van der Waals surface area (Å²) in [6.45, 7) is 1.74. The second kappa shape index (κ2) is 4.62. The van der Waals surface area contributed by atoms with Gasteiger partial charge in [0.2, 0.25) is 0 Å². The van der Waals surface area contributed by atoms with Gasteiger partial charge in [-0.3, -0.25) is 9.19 Å². The normalized spacial score (nSPS) is 11.8. The molecule has 1 heterocycles. The molecule has 0 spiro atoms. The van der Waals surface area contributed by atoms with Gasteiger partial charge >= 0.3 is 18.9 Å². The summed E-state index contributed by atoms with van der Waals surface area (Å²) in [7, 11) is 0. The first-order valence-corrected chi connectivity index (χ1v) is 3.65. The van der Waals surface area contributed by atoms with Crippen LogP contribution < -0.4 is 18.9 Å². The van der Waals surface area contributed by atoms with Gasteiger partial charge in [0.15, 0.2) is 0 Å². The molecule has 0 aliphatic heterocycles. The van der Waals surface area contributed by atoms with Crippen LogP contribution in [0.1, 0.15) is 5.69 Å². The van der Waals surface area contributed by atoms with Crippen molar-refractivity contribution in [2.24, 2.45) is 0 Å². The van der Waals surface area contributed by atoms with Crippen LogP contribution in [0.5, 0.6) is 0 Å². The Morgan fingerprint density at radius 3 is 2.45 bits per heavy atom. The molecule has 0 aliphatic carbocycles. The van der Waals surface area contributed by atoms with E-state index in [0.29, 0.717) is 5.69 Å². The Morgan fingerprint density at radius 1 is 1.45 bits per heavy atom. The number of rotatable bonds is 1. The molecule has 0 fully saturated rings. The summed E-state index contributed by atoms with van der Waals surface area (Å²) in [5.41, 5.74) is 0.703. The van der Waals surface area contributed by atoms with Gasteiger partial charge in [-0.15, -0.1) is 0 Å². The molecular formula is C5H5LiN2O2S. The maximum absolute atomic E-state index is 10.2. The molecule has 1 aromatic heterocycles. The molecule has 0 aromatic carbocycles. The zero-order valence-electron chi connectivity index (χ0n) is 6.27. The van der Waals surface area contributed by atoms with Crippen LogP contribution in [0.4, 0.5) is 0 Å². The van der Waals surface area contributed by atoms with Crippen LogP contribution >= 0.6 is 0 Å². The van der Waals surface area contributed by atoms with Gasteiger partial charge in [0.1, 0.15) is 5.03 Å². The standard InChI is InChI=1S/C5H6N2O2S.Li/c1-4-2-7-5(3-6-4)10(8)9;/h2-3H,1H3,(H,8,9);/q;+1/p-1. The van der Waals surface area contributed by atoms with Crippen LogP contribution in [-0.4, -0.2) is 18.7 Å². The predicted octanol–water partition coefficient (Wildman–Crippen LogP) is -2.97. The van der Waals surface area contributed by atoms with Crippen molar-refractivity contribution in [1.82, 2.24) is 9.97 Å². The molecule has 0 N–H and O–H groups in total. The Bertz CT molecular complexity index is 251. The van der Waals surface area contributed by atoms with Crippen LogP contribution in [0.25, 0.3) is 0 Å². The second-order valence-electron chi connectivity index (χ2n) is 1.73. The monoisotopic (exact) mass is 164 g/mol. The average Bonchev–Trinajstić information content (AvgIpc) is 1.88. The summed E-state index contributed by atoms with van der Waals surface area (Å²) in [5.74, 6) is 0. The third kappa shape index (κ3) is 3.12. The van der Waals surface area contributed by atoms with Crippen molar-refractivity contribution in [3.05, 3.63) is 18.1 Å².